The Kier molecular flexibility index (Phi) is 0.745. The van der Waals surface area contributed by atoms with Gasteiger partial charge in [0.2, 0.25) is 0 Å². The Morgan fingerprint density at radius 3 is 3.40 bits per heavy atom. The molecule has 0 aliphatic heterocycles. The number of hydrogen-bond acceptors (Lipinski definition) is 2. The number of rotatable bonds is 2. The van der Waals surface area contributed by atoms with Gasteiger partial charge in [-0.2, -0.15) is 0 Å². The first-order valence-electron chi connectivity index (χ1n) is 3.61. The van der Waals surface area contributed by atoms with Crippen LogP contribution in [-0.4, -0.2) is 13.6 Å². The predicted molar refractivity (Wildman–Crippen MR) is 20.7 cm³/mol. The van der Waals surface area contributed by atoms with E-state index in [1.165, 1.54) is 0 Å². The zero-order valence-corrected chi connectivity index (χ0v) is 2.91. The molecular weight excluding hydrogens is 66.0 g/mol. The van der Waals surface area contributed by atoms with Crippen molar-refractivity contribution in [2.75, 3.05) is 13.6 Å². The second kappa shape index (κ2) is 3.92. The van der Waals surface area contributed by atoms with E-state index in [0.717, 1.165) is 7.11 Å². The molecule has 0 aromatic rings. The first-order valence-corrected chi connectivity index (χ1v) is 1.11. The third-order valence-electron chi connectivity index (χ3n) is 0.153. The van der Waals surface area contributed by atoms with Gasteiger partial charge in [0.1, 0.15) is 0 Å². The highest BCUT2D eigenvalue weighted by molar-refractivity contribution is 4.08. The van der Waals surface area contributed by atoms with Crippen LogP contribution >= 0.6 is 0 Å². The Hall–Kier alpha value is -0.0800. The van der Waals surface area contributed by atoms with Gasteiger partial charge in [-0.25, -0.2) is 5.48 Å². The van der Waals surface area contributed by atoms with Gasteiger partial charge in [0, 0.05) is 13.4 Å². The molecule has 0 spiro atoms. The highest BCUT2D eigenvalue weighted by Gasteiger charge is 1.61. The summed E-state index contributed by atoms with van der Waals surface area (Å²) in [7, 11) is 1.16. The summed E-state index contributed by atoms with van der Waals surface area (Å²) in [4.78, 5) is 4.15. The lowest BCUT2D eigenvalue weighted by molar-refractivity contribution is 0.0962. The van der Waals surface area contributed by atoms with Gasteiger partial charge in [-0.15, -0.1) is 0 Å². The molecule has 0 rings (SSSR count). The van der Waals surface area contributed by atoms with Crippen LogP contribution in [0.2, 0.25) is 0 Å². The van der Waals surface area contributed by atoms with Crippen molar-refractivity contribution < 1.29 is 11.7 Å². The van der Waals surface area contributed by atoms with Gasteiger partial charge >= 0.3 is 0 Å². The molecule has 0 unspecified atom stereocenters. The zero-order chi connectivity index (χ0) is 8.41. The summed E-state index contributed by atoms with van der Waals surface area (Å²) in [6, 6.07) is 0. The predicted octanol–water partition coefficient (Wildman–Crippen LogP) is 0.157. The minimum absolute atomic E-state index is 1.16. The van der Waals surface area contributed by atoms with E-state index in [1.807, 2.05) is 0 Å². The lowest BCUT2D eigenvalue weighted by atomic mass is 10.8. The number of nitrogens with one attached hydrogen (secondary N) is 1. The normalized spacial score (nSPS) is 28.6. The van der Waals surface area contributed by atoms with Gasteiger partial charge in [0.15, 0.2) is 0 Å². The topological polar surface area (TPSA) is 21.3 Å². The van der Waals surface area contributed by atoms with E-state index in [0.29, 0.717) is 0 Å². The quantitative estimate of drug-likeness (QED) is 0.477. The summed E-state index contributed by atoms with van der Waals surface area (Å²) < 4.78 is 33.7. The maximum atomic E-state index is 6.85. The van der Waals surface area contributed by atoms with Crippen LogP contribution in [-0.2, 0) is 4.84 Å². The van der Waals surface area contributed by atoms with Crippen molar-refractivity contribution in [1.29, 1.82) is 0 Å². The molecule has 0 aromatic heterocycles. The molecule has 0 amide bonds. The van der Waals surface area contributed by atoms with Crippen molar-refractivity contribution >= 4 is 0 Å². The van der Waals surface area contributed by atoms with E-state index in [9.17, 15) is 0 Å². The summed E-state index contributed by atoms with van der Waals surface area (Å²) in [5, 5.41) is 0. The molecular formula is C3H9NO. The maximum Gasteiger partial charge on any atom is 0.0572 e. The largest absolute Gasteiger partial charge is 0.305 e. The SMILES string of the molecule is [2H]C([2H])([2H])C([2H])([2H])NOC. The highest BCUT2D eigenvalue weighted by atomic mass is 16.6. The van der Waals surface area contributed by atoms with Crippen molar-refractivity contribution in [3.63, 3.8) is 0 Å². The maximum absolute atomic E-state index is 6.85. The third kappa shape index (κ3) is 3.92. The molecule has 0 saturated heterocycles. The molecule has 0 radical (unpaired) electrons. The van der Waals surface area contributed by atoms with E-state index < -0.39 is 13.3 Å². The minimum atomic E-state index is -2.71. The average Bonchev–Trinajstić information content (AvgIpc) is 1.61. The molecule has 2 heteroatoms. The van der Waals surface area contributed by atoms with E-state index >= 15 is 0 Å². The molecule has 1 N–H and O–H groups in total. The molecule has 0 atom stereocenters. The molecule has 0 aliphatic rings. The molecule has 0 heterocycles. The second-order valence-corrected chi connectivity index (χ2v) is 0.431. The van der Waals surface area contributed by atoms with Gasteiger partial charge in [-0.05, 0) is 0 Å². The van der Waals surface area contributed by atoms with Gasteiger partial charge in [-0.1, -0.05) is 6.85 Å². The van der Waals surface area contributed by atoms with Crippen molar-refractivity contribution in [3.8, 4) is 0 Å². The van der Waals surface area contributed by atoms with Gasteiger partial charge < -0.3 is 4.84 Å². The number of hydrogen-bond donors (Lipinski definition) is 1. The Bertz CT molecular complexity index is 110. The molecule has 0 aliphatic carbocycles. The van der Waals surface area contributed by atoms with Gasteiger partial charge in [0.25, 0.3) is 0 Å². The third-order valence-corrected chi connectivity index (χ3v) is 0.153. The molecule has 32 valence electrons. The van der Waals surface area contributed by atoms with E-state index in [4.69, 9.17) is 6.85 Å². The Morgan fingerprint density at radius 1 is 2.40 bits per heavy atom. The van der Waals surface area contributed by atoms with Crippen molar-refractivity contribution in [1.82, 2.24) is 5.48 Å². The number of hydroxylamine groups is 1. The van der Waals surface area contributed by atoms with E-state index in [-0.39, 0.29) is 0 Å². The fourth-order valence-corrected chi connectivity index (χ4v) is 0.0510. The first kappa shape index (κ1) is 0.950. The van der Waals surface area contributed by atoms with E-state index in [2.05, 4.69) is 4.84 Å². The van der Waals surface area contributed by atoms with Crippen LogP contribution in [0.5, 0.6) is 0 Å². The molecule has 0 bridgehead atoms. The summed E-state index contributed by atoms with van der Waals surface area (Å²) in [6.45, 7) is -5.19. The Balaban J connectivity index is 4.10. The lowest BCUT2D eigenvalue weighted by Crippen LogP contribution is -2.08. The van der Waals surface area contributed by atoms with Gasteiger partial charge in [-0.3, -0.25) is 0 Å². The van der Waals surface area contributed by atoms with Crippen LogP contribution in [0.1, 0.15) is 13.7 Å². The minimum Gasteiger partial charge on any atom is -0.305 e. The second-order valence-electron chi connectivity index (χ2n) is 0.431. The highest BCUT2D eigenvalue weighted by Crippen LogP contribution is 1.47. The summed E-state index contributed by atoms with van der Waals surface area (Å²) in [5.41, 5.74) is 1.73. The van der Waals surface area contributed by atoms with Crippen LogP contribution in [0.4, 0.5) is 0 Å². The van der Waals surface area contributed by atoms with Crippen LogP contribution in [0, 0.1) is 0 Å². The van der Waals surface area contributed by atoms with E-state index in [1.54, 1.807) is 5.48 Å². The molecule has 5 heavy (non-hydrogen) atoms. The first-order chi connectivity index (χ1) is 4.31. The van der Waals surface area contributed by atoms with Crippen LogP contribution in [0.25, 0.3) is 0 Å². The molecule has 0 fully saturated rings. The summed E-state index contributed by atoms with van der Waals surface area (Å²) in [6.07, 6.45) is 0. The molecule has 0 saturated carbocycles. The standard InChI is InChI=1S/C3H9NO/c1-3-4-5-2/h4H,3H2,1-2H3/i1D3,3D2. The van der Waals surface area contributed by atoms with Crippen molar-refractivity contribution in [3.05, 3.63) is 0 Å². The average molecular weight is 80.1 g/mol. The zero-order valence-electron chi connectivity index (χ0n) is 7.91. The monoisotopic (exact) mass is 80.1 g/mol. The lowest BCUT2D eigenvalue weighted by Gasteiger charge is -1.88. The molecule has 0 aromatic carbocycles. The Morgan fingerprint density at radius 2 is 3.20 bits per heavy atom. The fourth-order valence-electron chi connectivity index (χ4n) is 0.0510. The molecule has 2 nitrogen and oxygen atoms in total. The fraction of sp³-hybridized carbons (Fsp3) is 1.00. The van der Waals surface area contributed by atoms with Gasteiger partial charge in [0.05, 0.1) is 7.11 Å². The summed E-state index contributed by atoms with van der Waals surface area (Å²) in [5.74, 6) is 0. The van der Waals surface area contributed by atoms with Crippen molar-refractivity contribution in [2.24, 2.45) is 0 Å². The smallest absolute Gasteiger partial charge is 0.0572 e. The Labute approximate surface area is 39.1 Å². The summed E-state index contributed by atoms with van der Waals surface area (Å²) >= 11 is 0. The van der Waals surface area contributed by atoms with Crippen molar-refractivity contribution in [2.45, 2.75) is 6.85 Å². The van der Waals surface area contributed by atoms with Crippen LogP contribution < -0.4 is 5.48 Å². The van der Waals surface area contributed by atoms with Crippen LogP contribution in [0.3, 0.4) is 0 Å². The van der Waals surface area contributed by atoms with Crippen LogP contribution in [0.15, 0.2) is 0 Å².